The summed E-state index contributed by atoms with van der Waals surface area (Å²) in [5.41, 5.74) is 0.709. The second-order valence-electron chi connectivity index (χ2n) is 5.37. The fourth-order valence-corrected chi connectivity index (χ4v) is 4.81. The van der Waals surface area contributed by atoms with E-state index in [9.17, 15) is 12.8 Å². The molecular weight excluding hydrogens is 399 g/mol. The molecule has 5 nitrogen and oxygen atoms in total. The largest absolute Gasteiger partial charge is 0.380 e. The Hall–Kier alpha value is -1.74. The number of thiazole rings is 1. The molecular formula is C17H16ClFN2O3S2. The maximum absolute atomic E-state index is 13.5. The van der Waals surface area contributed by atoms with Gasteiger partial charge < -0.3 is 9.30 Å². The van der Waals surface area contributed by atoms with E-state index in [1.54, 1.807) is 10.6 Å². The monoisotopic (exact) mass is 414 g/mol. The molecule has 9 heteroatoms. The number of hydrogen-bond donors (Lipinski definition) is 0. The van der Waals surface area contributed by atoms with Gasteiger partial charge in [-0.3, -0.25) is 0 Å². The van der Waals surface area contributed by atoms with Gasteiger partial charge in [-0.1, -0.05) is 22.9 Å². The van der Waals surface area contributed by atoms with E-state index in [2.05, 4.69) is 4.40 Å². The molecule has 0 spiro atoms. The number of nitrogens with zero attached hydrogens (tertiary/aromatic N) is 2. The first-order valence-corrected chi connectivity index (χ1v) is 10.5. The lowest BCUT2D eigenvalue weighted by molar-refractivity contribution is 0.139. The molecule has 3 rings (SSSR count). The minimum atomic E-state index is -3.92. The van der Waals surface area contributed by atoms with Gasteiger partial charge in [-0.15, -0.1) is 4.40 Å². The molecule has 0 radical (unpaired) electrons. The summed E-state index contributed by atoms with van der Waals surface area (Å²) in [5.74, 6) is -0.386. The Morgan fingerprint density at radius 3 is 2.65 bits per heavy atom. The van der Waals surface area contributed by atoms with E-state index in [4.69, 9.17) is 16.3 Å². The first-order valence-electron chi connectivity index (χ1n) is 7.84. The van der Waals surface area contributed by atoms with Gasteiger partial charge in [0.05, 0.1) is 21.7 Å². The second kappa shape index (κ2) is 7.87. The third kappa shape index (κ3) is 4.15. The predicted octanol–water partition coefficient (Wildman–Crippen LogP) is 3.82. The maximum Gasteiger partial charge on any atom is 0.285 e. The fourth-order valence-electron chi connectivity index (χ4n) is 2.40. The zero-order chi connectivity index (χ0) is 18.7. The number of halogens is 2. The normalized spacial score (nSPS) is 12.8. The fraction of sp³-hybridized carbons (Fsp3) is 0.235. The highest BCUT2D eigenvalue weighted by Crippen LogP contribution is 2.20. The smallest absolute Gasteiger partial charge is 0.285 e. The van der Waals surface area contributed by atoms with Crippen molar-refractivity contribution in [2.45, 2.75) is 18.4 Å². The van der Waals surface area contributed by atoms with Crippen LogP contribution in [0, 0.1) is 5.82 Å². The second-order valence-corrected chi connectivity index (χ2v) is 8.42. The summed E-state index contributed by atoms with van der Waals surface area (Å²) in [6, 6.07) is 10.1. The number of sulfonamides is 1. The van der Waals surface area contributed by atoms with E-state index in [1.165, 1.54) is 36.4 Å². The van der Waals surface area contributed by atoms with Gasteiger partial charge in [0.1, 0.15) is 5.82 Å². The summed E-state index contributed by atoms with van der Waals surface area (Å²) in [6.07, 6.45) is 0. The third-order valence-electron chi connectivity index (χ3n) is 3.62. The van der Waals surface area contributed by atoms with Crippen molar-refractivity contribution in [3.05, 3.63) is 58.1 Å². The SMILES string of the molecule is CCOCCn1c(=NS(=O)(=O)c2ccc(Cl)cc2)sc2cc(F)ccc21. The van der Waals surface area contributed by atoms with Gasteiger partial charge in [-0.05, 0) is 49.4 Å². The minimum absolute atomic E-state index is 0.0434. The van der Waals surface area contributed by atoms with Crippen LogP contribution in [0.15, 0.2) is 51.8 Å². The van der Waals surface area contributed by atoms with Crippen molar-refractivity contribution in [2.75, 3.05) is 13.2 Å². The Bertz CT molecular complexity index is 1090. The molecule has 1 aromatic heterocycles. The molecule has 0 aliphatic rings. The highest BCUT2D eigenvalue weighted by atomic mass is 35.5. The summed E-state index contributed by atoms with van der Waals surface area (Å²) >= 11 is 6.93. The van der Waals surface area contributed by atoms with Crippen molar-refractivity contribution < 1.29 is 17.5 Å². The van der Waals surface area contributed by atoms with Crippen LogP contribution in [0.1, 0.15) is 6.92 Å². The van der Waals surface area contributed by atoms with Crippen LogP contribution in [0.5, 0.6) is 0 Å². The van der Waals surface area contributed by atoms with Crippen molar-refractivity contribution in [1.82, 2.24) is 4.57 Å². The lowest BCUT2D eigenvalue weighted by Gasteiger charge is -2.05. The number of hydrogen-bond acceptors (Lipinski definition) is 4. The van der Waals surface area contributed by atoms with Crippen molar-refractivity contribution >= 4 is 43.2 Å². The van der Waals surface area contributed by atoms with Crippen molar-refractivity contribution in [2.24, 2.45) is 4.40 Å². The van der Waals surface area contributed by atoms with E-state index in [-0.39, 0.29) is 15.5 Å². The highest BCUT2D eigenvalue weighted by Gasteiger charge is 2.15. The molecule has 0 unspecified atom stereocenters. The highest BCUT2D eigenvalue weighted by molar-refractivity contribution is 7.90. The zero-order valence-electron chi connectivity index (χ0n) is 13.9. The van der Waals surface area contributed by atoms with Crippen LogP contribution in [0.2, 0.25) is 5.02 Å². The Morgan fingerprint density at radius 1 is 1.23 bits per heavy atom. The van der Waals surface area contributed by atoms with Crippen molar-refractivity contribution in [3.8, 4) is 0 Å². The molecule has 138 valence electrons. The van der Waals surface area contributed by atoms with Crippen LogP contribution in [-0.2, 0) is 21.3 Å². The molecule has 3 aromatic rings. The molecule has 1 heterocycles. The molecule has 0 saturated carbocycles. The average Bonchev–Trinajstić information content (AvgIpc) is 2.91. The first kappa shape index (κ1) is 19.0. The van der Waals surface area contributed by atoms with Crippen LogP contribution >= 0.6 is 22.9 Å². The summed E-state index contributed by atoms with van der Waals surface area (Å²) in [5, 5.41) is 0.438. The predicted molar refractivity (Wildman–Crippen MR) is 100 cm³/mol. The van der Waals surface area contributed by atoms with Crippen LogP contribution in [0.3, 0.4) is 0 Å². The molecule has 0 fully saturated rings. The average molecular weight is 415 g/mol. The Kier molecular flexibility index (Phi) is 5.76. The molecule has 0 amide bonds. The lowest BCUT2D eigenvalue weighted by Crippen LogP contribution is -2.19. The Labute approximate surface area is 159 Å². The summed E-state index contributed by atoms with van der Waals surface area (Å²) < 4.78 is 50.4. The van der Waals surface area contributed by atoms with Gasteiger partial charge in [-0.25, -0.2) is 4.39 Å². The quantitative estimate of drug-likeness (QED) is 0.576. The van der Waals surface area contributed by atoms with Gasteiger partial charge >= 0.3 is 0 Å². The van der Waals surface area contributed by atoms with E-state index < -0.39 is 10.0 Å². The zero-order valence-corrected chi connectivity index (χ0v) is 16.2. The molecule has 0 N–H and O–H groups in total. The van der Waals surface area contributed by atoms with Gasteiger partial charge in [0.15, 0.2) is 0 Å². The minimum Gasteiger partial charge on any atom is -0.380 e. The molecule has 26 heavy (non-hydrogen) atoms. The number of benzene rings is 2. The number of aromatic nitrogens is 1. The van der Waals surface area contributed by atoms with Gasteiger partial charge in [-0.2, -0.15) is 8.42 Å². The molecule has 0 bridgehead atoms. The summed E-state index contributed by atoms with van der Waals surface area (Å²) in [4.78, 5) is 0.308. The van der Waals surface area contributed by atoms with Gasteiger partial charge in [0.2, 0.25) is 4.80 Å². The van der Waals surface area contributed by atoms with Crippen LogP contribution in [-0.4, -0.2) is 26.2 Å². The summed E-state index contributed by atoms with van der Waals surface area (Å²) in [6.45, 7) is 3.23. The molecule has 0 saturated heterocycles. The first-order chi connectivity index (χ1) is 12.4. The topological polar surface area (TPSA) is 60.7 Å². The van der Waals surface area contributed by atoms with Crippen LogP contribution < -0.4 is 4.80 Å². The Morgan fingerprint density at radius 2 is 1.96 bits per heavy atom. The maximum atomic E-state index is 13.5. The molecule has 2 aromatic carbocycles. The van der Waals surface area contributed by atoms with E-state index in [0.717, 1.165) is 11.3 Å². The van der Waals surface area contributed by atoms with E-state index in [1.807, 2.05) is 6.92 Å². The Balaban J connectivity index is 2.14. The number of ether oxygens (including phenoxy) is 1. The third-order valence-corrected chi connectivity index (χ3v) is 6.31. The van der Waals surface area contributed by atoms with Crippen LogP contribution in [0.25, 0.3) is 10.2 Å². The summed E-state index contributed by atoms with van der Waals surface area (Å²) in [7, 11) is -3.92. The van der Waals surface area contributed by atoms with Crippen molar-refractivity contribution in [1.29, 1.82) is 0 Å². The lowest BCUT2D eigenvalue weighted by atomic mass is 10.3. The van der Waals surface area contributed by atoms with Gasteiger partial charge in [0.25, 0.3) is 10.0 Å². The van der Waals surface area contributed by atoms with Crippen LogP contribution in [0.4, 0.5) is 4.39 Å². The van der Waals surface area contributed by atoms with Crippen molar-refractivity contribution in [3.63, 3.8) is 0 Å². The van der Waals surface area contributed by atoms with Gasteiger partial charge in [0, 0.05) is 18.2 Å². The van der Waals surface area contributed by atoms with E-state index >= 15 is 0 Å². The number of fused-ring (bicyclic) bond motifs is 1. The number of rotatable bonds is 6. The van der Waals surface area contributed by atoms with E-state index in [0.29, 0.717) is 35.0 Å². The molecule has 0 aliphatic carbocycles. The standard InChI is InChI=1S/C17H16ClFN2O3S2/c1-2-24-10-9-21-15-8-5-13(19)11-16(15)25-17(21)20-26(22,23)14-6-3-12(18)4-7-14/h3-8,11H,2,9-10H2,1H3. The molecule has 0 atom stereocenters. The molecule has 0 aliphatic heterocycles.